The highest BCUT2D eigenvalue weighted by Crippen LogP contribution is 2.58. The quantitative estimate of drug-likeness (QED) is 0.173. The van der Waals surface area contributed by atoms with Crippen LogP contribution in [-0.2, 0) is 0 Å². The summed E-state index contributed by atoms with van der Waals surface area (Å²) in [5.41, 5.74) is 13.5. The number of rotatable bonds is 8. The summed E-state index contributed by atoms with van der Waals surface area (Å²) < 4.78 is 2.48. The van der Waals surface area contributed by atoms with Gasteiger partial charge in [0, 0.05) is 67.6 Å². The summed E-state index contributed by atoms with van der Waals surface area (Å²) in [5, 5.41) is 11.0. The van der Waals surface area contributed by atoms with Crippen molar-refractivity contribution in [3.8, 4) is 5.69 Å². The smallest absolute Gasteiger partial charge is 0.129 e. The molecule has 4 aromatic rings. The van der Waals surface area contributed by atoms with Gasteiger partial charge in [-0.05, 0) is 174 Å². The van der Waals surface area contributed by atoms with E-state index in [1.807, 2.05) is 11.8 Å². The molecule has 0 saturated heterocycles. The molecular weight excluding hydrogens is 859 g/mol. The van der Waals surface area contributed by atoms with E-state index in [0.29, 0.717) is 35.5 Å². The Bertz CT molecular complexity index is 3050. The maximum Gasteiger partial charge on any atom is 0.129 e. The van der Waals surface area contributed by atoms with Crippen LogP contribution < -0.4 is 10.6 Å². The topological polar surface area (TPSA) is 53.7 Å². The van der Waals surface area contributed by atoms with Crippen molar-refractivity contribution in [2.45, 2.75) is 132 Å². The Kier molecular flexibility index (Phi) is 11.6. The Morgan fingerprint density at radius 1 is 0.754 bits per heavy atom. The van der Waals surface area contributed by atoms with Gasteiger partial charge >= 0.3 is 0 Å². The Morgan fingerprint density at radius 3 is 2.46 bits per heavy atom. The van der Waals surface area contributed by atoms with Crippen molar-refractivity contribution >= 4 is 45.6 Å². The molecule has 8 unspecified atom stereocenters. The van der Waals surface area contributed by atoms with Crippen molar-refractivity contribution in [2.24, 2.45) is 39.6 Å². The predicted octanol–water partition coefficient (Wildman–Crippen LogP) is 15.6. The number of hydrogen-bond acceptors (Lipinski definition) is 5. The van der Waals surface area contributed by atoms with E-state index in [9.17, 15) is 0 Å². The van der Waals surface area contributed by atoms with E-state index in [1.165, 1.54) is 110 Å². The van der Waals surface area contributed by atoms with Gasteiger partial charge in [0.15, 0.2) is 0 Å². The number of aromatic nitrogens is 1. The Morgan fingerprint density at radius 2 is 1.64 bits per heavy atom. The fourth-order valence-corrected chi connectivity index (χ4v) is 15.2. The Labute approximate surface area is 413 Å². The number of thioether (sulfide) groups is 1. The number of nitrogens with zero attached hydrogens (tertiary/aromatic N) is 3. The van der Waals surface area contributed by atoms with Gasteiger partial charge in [-0.2, -0.15) is 0 Å². The molecular formula is C63H67N5S. The summed E-state index contributed by atoms with van der Waals surface area (Å²) in [6, 6.07) is 25.0. The third-order valence-corrected chi connectivity index (χ3v) is 18.7. The van der Waals surface area contributed by atoms with E-state index in [1.54, 1.807) is 11.1 Å². The fourth-order valence-electron chi connectivity index (χ4n) is 13.7. The van der Waals surface area contributed by atoms with E-state index < -0.39 is 5.66 Å². The first-order chi connectivity index (χ1) is 34.0. The minimum absolute atomic E-state index is 0.108. The molecule has 8 atom stereocenters. The first-order valence-corrected chi connectivity index (χ1v) is 27.6. The lowest BCUT2D eigenvalue weighted by Crippen LogP contribution is -2.65. The van der Waals surface area contributed by atoms with Crippen molar-refractivity contribution in [3.05, 3.63) is 178 Å². The van der Waals surface area contributed by atoms with Gasteiger partial charge in [-0.3, -0.25) is 10.3 Å². The van der Waals surface area contributed by atoms with Crippen molar-refractivity contribution in [1.82, 2.24) is 15.2 Å². The Balaban J connectivity index is 0.938. The second-order valence-corrected chi connectivity index (χ2v) is 22.7. The third-order valence-electron chi connectivity index (χ3n) is 17.3. The lowest BCUT2D eigenvalue weighted by Gasteiger charge is -2.46. The molecule has 3 aromatic carbocycles. The number of hydrogen-bond donors (Lipinski definition) is 2. The molecule has 2 N–H and O–H groups in total. The van der Waals surface area contributed by atoms with Gasteiger partial charge in [-0.15, -0.1) is 0 Å². The first-order valence-electron chi connectivity index (χ1n) is 26.8. The van der Waals surface area contributed by atoms with Crippen molar-refractivity contribution in [1.29, 1.82) is 0 Å². The van der Waals surface area contributed by atoms with Crippen LogP contribution in [0.25, 0.3) is 27.5 Å². The molecule has 69 heavy (non-hydrogen) atoms. The van der Waals surface area contributed by atoms with Gasteiger partial charge in [0.1, 0.15) is 11.5 Å². The molecule has 1 aromatic heterocycles. The predicted molar refractivity (Wildman–Crippen MR) is 290 cm³/mol. The lowest BCUT2D eigenvalue weighted by molar-refractivity contribution is 0.183. The molecule has 4 heterocycles. The summed E-state index contributed by atoms with van der Waals surface area (Å²) in [6.45, 7) is 2.40. The normalized spacial score (nSPS) is 31.1. The third kappa shape index (κ3) is 8.08. The largest absolute Gasteiger partial charge is 0.354 e. The fraction of sp³-hybridized carbons (Fsp3) is 0.397. The standard InChI is InChI=1S/C63H67N5S/c1-63(48-26-13-5-14-27-48)66-61(43-24-11-4-12-25-43)65-62(67-63)55-37-47(46-35-44(41-20-7-2-8-21-41)34-45(36-46)42-22-9-3-10-23-42)40-64-59(55)52-32-19-31-51-54-38-53-50-30-17-18-33-56(50)68(49-28-15-6-16-29-49)57(53)39-58(54)69-60(51)52/h2,6-7,9,11,13,15-18,20,22-24,26,28-30,33-34,38-40,43,45-48,51,61,66H,3-5,8,10,12,14,19,21,25,27,31-32,35-37H2,1H3,(H,65,67). The highest BCUT2D eigenvalue weighted by atomic mass is 32.2. The van der Waals surface area contributed by atoms with Crippen LogP contribution in [0.4, 0.5) is 0 Å². The molecule has 6 aliphatic carbocycles. The molecule has 3 aliphatic heterocycles. The van der Waals surface area contributed by atoms with Gasteiger partial charge in [-0.1, -0.05) is 115 Å². The average Bonchev–Trinajstić information content (AvgIpc) is 3.96. The molecule has 9 aliphatic rings. The number of benzene rings is 3. The van der Waals surface area contributed by atoms with E-state index in [4.69, 9.17) is 9.98 Å². The van der Waals surface area contributed by atoms with Crippen LogP contribution in [0.15, 0.2) is 187 Å². The van der Waals surface area contributed by atoms with Gasteiger partial charge in [0.2, 0.25) is 0 Å². The second kappa shape index (κ2) is 18.4. The molecule has 0 spiro atoms. The minimum Gasteiger partial charge on any atom is -0.354 e. The van der Waals surface area contributed by atoms with Gasteiger partial charge in [0.25, 0.3) is 0 Å². The SMILES string of the molecule is CC1(C2C=CCCC2)N=C(C2=C(C3=C4Sc5cc6c(cc5C4CCC3)c3ccccc3n6-c3ccccc3)N=CC(C3CC(C4=CC=CCC4)=CC(C4=CCCC=C4)C3)C2)NC(C2C=CCCC2)N1. The molecule has 0 radical (unpaired) electrons. The van der Waals surface area contributed by atoms with Gasteiger partial charge in [0.05, 0.1) is 22.9 Å². The van der Waals surface area contributed by atoms with E-state index in [-0.39, 0.29) is 6.17 Å². The summed E-state index contributed by atoms with van der Waals surface area (Å²) in [5.74, 6) is 3.48. The van der Waals surface area contributed by atoms with Crippen LogP contribution in [0.5, 0.6) is 0 Å². The first kappa shape index (κ1) is 43.6. The Hall–Kier alpha value is -5.43. The maximum atomic E-state index is 5.94. The van der Waals surface area contributed by atoms with Crippen LogP contribution in [0.3, 0.4) is 0 Å². The number of para-hydroxylation sites is 2. The van der Waals surface area contributed by atoms with Crippen LogP contribution in [0.2, 0.25) is 0 Å². The molecule has 0 saturated carbocycles. The van der Waals surface area contributed by atoms with Crippen molar-refractivity contribution in [2.75, 3.05) is 0 Å². The lowest BCUT2D eigenvalue weighted by atomic mass is 9.69. The molecule has 0 fully saturated rings. The number of allylic oxidation sites excluding steroid dienone is 14. The monoisotopic (exact) mass is 926 g/mol. The minimum atomic E-state index is -0.415. The summed E-state index contributed by atoms with van der Waals surface area (Å²) in [7, 11) is 0. The molecule has 6 heteroatoms. The van der Waals surface area contributed by atoms with E-state index >= 15 is 0 Å². The number of amidine groups is 1. The van der Waals surface area contributed by atoms with Gasteiger partial charge < -0.3 is 9.88 Å². The zero-order valence-corrected chi connectivity index (χ0v) is 41.2. The van der Waals surface area contributed by atoms with Crippen molar-refractivity contribution < 1.29 is 0 Å². The highest BCUT2D eigenvalue weighted by Gasteiger charge is 2.44. The van der Waals surface area contributed by atoms with Crippen LogP contribution in [-0.4, -0.2) is 28.4 Å². The molecule has 0 amide bonds. The number of aliphatic imine (C=N–C) groups is 2. The number of nitrogens with one attached hydrogen (secondary N) is 2. The van der Waals surface area contributed by atoms with Crippen LogP contribution in [0, 0.1) is 29.6 Å². The average molecular weight is 926 g/mol. The van der Waals surface area contributed by atoms with Crippen LogP contribution in [0.1, 0.15) is 121 Å². The van der Waals surface area contributed by atoms with Crippen LogP contribution >= 0.6 is 11.8 Å². The zero-order valence-electron chi connectivity index (χ0n) is 40.4. The molecule has 0 bridgehead atoms. The van der Waals surface area contributed by atoms with E-state index in [2.05, 4.69) is 162 Å². The summed E-state index contributed by atoms with van der Waals surface area (Å²) in [6.07, 6.45) is 47.7. The van der Waals surface area contributed by atoms with Crippen molar-refractivity contribution in [3.63, 3.8) is 0 Å². The number of fused-ring (bicyclic) bond motifs is 6. The molecule has 13 rings (SSSR count). The zero-order chi connectivity index (χ0) is 45.9. The highest BCUT2D eigenvalue weighted by molar-refractivity contribution is 8.03. The molecule has 5 nitrogen and oxygen atoms in total. The summed E-state index contributed by atoms with van der Waals surface area (Å²) in [4.78, 5) is 14.7. The maximum absolute atomic E-state index is 5.94. The van der Waals surface area contributed by atoms with E-state index in [0.717, 1.165) is 63.6 Å². The second-order valence-electron chi connectivity index (χ2n) is 21.7. The molecule has 350 valence electrons. The van der Waals surface area contributed by atoms with Gasteiger partial charge in [-0.25, -0.2) is 4.99 Å². The summed E-state index contributed by atoms with van der Waals surface area (Å²) >= 11 is 2.04.